The Bertz CT molecular complexity index is 331. The first-order valence-electron chi connectivity index (χ1n) is 6.17. The summed E-state index contributed by atoms with van der Waals surface area (Å²) in [5.41, 5.74) is -1.31. The minimum absolute atomic E-state index is 0.283. The average Bonchev–Trinajstić information content (AvgIpc) is 2.33. The number of hydrogen-bond donors (Lipinski definition) is 2. The number of carbonyl (C=O) groups excluding carboxylic acids is 1. The van der Waals surface area contributed by atoms with Gasteiger partial charge >= 0.3 is 6.18 Å². The Morgan fingerprint density at radius 3 is 2.11 bits per heavy atom. The van der Waals surface area contributed by atoms with E-state index >= 15 is 0 Å². The molecule has 0 aliphatic rings. The highest BCUT2D eigenvalue weighted by Gasteiger charge is 2.41. The number of hydrogen-bond acceptors (Lipinski definition) is 3. The van der Waals surface area contributed by atoms with Gasteiger partial charge in [-0.2, -0.15) is 18.4 Å². The lowest BCUT2D eigenvalue weighted by Gasteiger charge is -2.25. The van der Waals surface area contributed by atoms with Crippen LogP contribution in [0.15, 0.2) is 0 Å². The van der Waals surface area contributed by atoms with Gasteiger partial charge in [-0.25, -0.2) is 0 Å². The lowest BCUT2D eigenvalue weighted by Crippen LogP contribution is -2.46. The van der Waals surface area contributed by atoms with Crippen LogP contribution in [0.3, 0.4) is 0 Å². The van der Waals surface area contributed by atoms with Gasteiger partial charge in [0.15, 0.2) is 6.10 Å². The molecule has 110 valence electrons. The molecule has 0 spiro atoms. The molecular weight excluding hydrogens is 261 g/mol. The topological polar surface area (TPSA) is 73.1 Å². The van der Waals surface area contributed by atoms with Crippen LogP contribution in [-0.4, -0.2) is 29.8 Å². The fraction of sp³-hybridized carbons (Fsp3) is 0.833. The van der Waals surface area contributed by atoms with E-state index in [1.165, 1.54) is 0 Å². The van der Waals surface area contributed by atoms with E-state index in [2.05, 4.69) is 0 Å². The van der Waals surface area contributed by atoms with Gasteiger partial charge in [-0.1, -0.05) is 26.7 Å². The van der Waals surface area contributed by atoms with Crippen LogP contribution >= 0.6 is 0 Å². The largest absolute Gasteiger partial charge is 0.416 e. The van der Waals surface area contributed by atoms with Gasteiger partial charge in [0.1, 0.15) is 5.41 Å². The summed E-state index contributed by atoms with van der Waals surface area (Å²) in [6.45, 7) is 2.65. The van der Waals surface area contributed by atoms with Gasteiger partial charge in [0, 0.05) is 0 Å². The molecule has 0 saturated heterocycles. The van der Waals surface area contributed by atoms with Gasteiger partial charge in [-0.05, 0) is 12.8 Å². The van der Waals surface area contributed by atoms with Crippen LogP contribution in [0.4, 0.5) is 13.2 Å². The fourth-order valence-electron chi connectivity index (χ4n) is 1.84. The number of rotatable bonds is 7. The van der Waals surface area contributed by atoms with E-state index in [1.807, 2.05) is 11.4 Å². The van der Waals surface area contributed by atoms with Crippen molar-refractivity contribution in [3.05, 3.63) is 0 Å². The Balaban J connectivity index is 4.71. The molecule has 7 heteroatoms. The maximum Gasteiger partial charge on any atom is 0.416 e. The standard InChI is InChI=1S/C12H19F3N2O2/c1-3-5-11(8-16,6-4-2)10(19)17-7-9(18)12(13,14)15/h9,18H,3-7H2,1-2H3,(H,17,19). The predicted molar refractivity (Wildman–Crippen MR) is 62.9 cm³/mol. The van der Waals surface area contributed by atoms with Crippen molar-refractivity contribution in [2.75, 3.05) is 6.54 Å². The molecule has 0 radical (unpaired) electrons. The van der Waals surface area contributed by atoms with Crippen molar-refractivity contribution >= 4 is 5.91 Å². The maximum absolute atomic E-state index is 12.1. The summed E-state index contributed by atoms with van der Waals surface area (Å²) in [5.74, 6) is -0.748. The van der Waals surface area contributed by atoms with E-state index in [1.54, 1.807) is 13.8 Å². The van der Waals surface area contributed by atoms with Crippen LogP contribution < -0.4 is 5.32 Å². The van der Waals surface area contributed by atoms with Crippen molar-refractivity contribution < 1.29 is 23.1 Å². The quantitative estimate of drug-likeness (QED) is 0.750. The normalized spacial score (nSPS) is 13.7. The van der Waals surface area contributed by atoms with Crippen LogP contribution in [0.1, 0.15) is 39.5 Å². The molecule has 0 aliphatic carbocycles. The van der Waals surface area contributed by atoms with Crippen molar-refractivity contribution in [3.63, 3.8) is 0 Å². The summed E-state index contributed by atoms with van der Waals surface area (Å²) in [6, 6.07) is 1.90. The van der Waals surface area contributed by atoms with Crippen molar-refractivity contribution in [2.24, 2.45) is 5.41 Å². The first-order valence-corrected chi connectivity index (χ1v) is 6.17. The van der Waals surface area contributed by atoms with Crippen molar-refractivity contribution in [3.8, 4) is 6.07 Å². The monoisotopic (exact) mass is 280 g/mol. The maximum atomic E-state index is 12.1. The van der Waals surface area contributed by atoms with E-state index in [-0.39, 0.29) is 12.8 Å². The number of aliphatic hydroxyl groups is 1. The number of halogens is 3. The van der Waals surface area contributed by atoms with Gasteiger partial charge < -0.3 is 10.4 Å². The van der Waals surface area contributed by atoms with Crippen LogP contribution in [-0.2, 0) is 4.79 Å². The third kappa shape index (κ3) is 5.07. The highest BCUT2D eigenvalue weighted by atomic mass is 19.4. The Kier molecular flexibility index (Phi) is 6.84. The first kappa shape index (κ1) is 17.7. The highest BCUT2D eigenvalue weighted by molar-refractivity contribution is 5.85. The molecule has 0 rings (SSSR count). The molecule has 1 unspecified atom stereocenters. The van der Waals surface area contributed by atoms with E-state index in [9.17, 15) is 18.0 Å². The molecule has 0 heterocycles. The summed E-state index contributed by atoms with van der Waals surface area (Å²) in [6.07, 6.45) is -5.68. The zero-order valence-corrected chi connectivity index (χ0v) is 11.0. The second-order valence-electron chi connectivity index (χ2n) is 4.46. The second kappa shape index (κ2) is 7.34. The van der Waals surface area contributed by atoms with E-state index < -0.39 is 30.1 Å². The fourth-order valence-corrected chi connectivity index (χ4v) is 1.84. The van der Waals surface area contributed by atoms with Crippen LogP contribution in [0.25, 0.3) is 0 Å². The summed E-state index contributed by atoms with van der Waals surface area (Å²) < 4.78 is 36.3. The van der Waals surface area contributed by atoms with Gasteiger partial charge in [-0.3, -0.25) is 4.79 Å². The first-order chi connectivity index (χ1) is 8.73. The molecule has 0 aromatic heterocycles. The molecule has 0 saturated carbocycles. The Labute approximate surface area is 110 Å². The molecule has 19 heavy (non-hydrogen) atoms. The van der Waals surface area contributed by atoms with Gasteiger partial charge in [0.05, 0.1) is 12.6 Å². The molecule has 1 atom stereocenters. The summed E-state index contributed by atoms with van der Waals surface area (Å²) in [7, 11) is 0. The minimum Gasteiger partial charge on any atom is -0.382 e. The van der Waals surface area contributed by atoms with Gasteiger partial charge in [0.2, 0.25) is 5.91 Å². The molecule has 0 bridgehead atoms. The van der Waals surface area contributed by atoms with Crippen LogP contribution in [0, 0.1) is 16.7 Å². The number of aliphatic hydroxyl groups excluding tert-OH is 1. The third-order valence-electron chi connectivity index (χ3n) is 2.84. The van der Waals surface area contributed by atoms with Crippen molar-refractivity contribution in [1.82, 2.24) is 5.32 Å². The Morgan fingerprint density at radius 2 is 1.79 bits per heavy atom. The van der Waals surface area contributed by atoms with E-state index in [0.717, 1.165) is 0 Å². The lowest BCUT2D eigenvalue weighted by molar-refractivity contribution is -0.202. The lowest BCUT2D eigenvalue weighted by atomic mass is 9.80. The Morgan fingerprint density at radius 1 is 1.32 bits per heavy atom. The average molecular weight is 280 g/mol. The number of nitriles is 1. The molecular formula is C12H19F3N2O2. The molecule has 0 fully saturated rings. The summed E-state index contributed by atoms with van der Waals surface area (Å²) in [4.78, 5) is 11.9. The van der Waals surface area contributed by atoms with E-state index in [0.29, 0.717) is 12.8 Å². The zero-order chi connectivity index (χ0) is 15.1. The van der Waals surface area contributed by atoms with Crippen LogP contribution in [0.5, 0.6) is 0 Å². The summed E-state index contributed by atoms with van der Waals surface area (Å²) >= 11 is 0. The van der Waals surface area contributed by atoms with E-state index in [4.69, 9.17) is 10.4 Å². The van der Waals surface area contributed by atoms with Crippen molar-refractivity contribution in [1.29, 1.82) is 5.26 Å². The molecule has 4 nitrogen and oxygen atoms in total. The molecule has 0 aromatic rings. The number of nitrogens with one attached hydrogen (secondary N) is 1. The number of amides is 1. The Hall–Kier alpha value is -1.29. The zero-order valence-electron chi connectivity index (χ0n) is 11.0. The smallest absolute Gasteiger partial charge is 0.382 e. The summed E-state index contributed by atoms with van der Waals surface area (Å²) in [5, 5.41) is 20.0. The highest BCUT2D eigenvalue weighted by Crippen LogP contribution is 2.29. The number of carbonyl (C=O) groups is 1. The third-order valence-corrected chi connectivity index (χ3v) is 2.84. The molecule has 2 N–H and O–H groups in total. The number of alkyl halides is 3. The molecule has 1 amide bonds. The second-order valence-corrected chi connectivity index (χ2v) is 4.46. The van der Waals surface area contributed by atoms with Gasteiger partial charge in [-0.15, -0.1) is 0 Å². The molecule has 0 aliphatic heterocycles. The van der Waals surface area contributed by atoms with Crippen molar-refractivity contribution in [2.45, 2.75) is 51.8 Å². The number of nitrogens with zero attached hydrogens (tertiary/aromatic N) is 1. The van der Waals surface area contributed by atoms with Gasteiger partial charge in [0.25, 0.3) is 0 Å². The SMILES string of the molecule is CCCC(C#N)(CCC)C(=O)NCC(O)C(F)(F)F. The van der Waals surface area contributed by atoms with Crippen LogP contribution in [0.2, 0.25) is 0 Å². The minimum atomic E-state index is -4.78. The predicted octanol–water partition coefficient (Wildman–Crippen LogP) is 2.14. The molecule has 0 aromatic carbocycles.